The Morgan fingerprint density at radius 1 is 1.44 bits per heavy atom. The highest BCUT2D eigenvalue weighted by atomic mass is 16.1. The zero-order valence-corrected chi connectivity index (χ0v) is 10.5. The molecule has 0 radical (unpaired) electrons. The summed E-state index contributed by atoms with van der Waals surface area (Å²) in [4.78, 5) is 11.4. The molecule has 0 bridgehead atoms. The Labute approximate surface area is 98.7 Å². The maximum absolute atomic E-state index is 11.4. The minimum atomic E-state index is 0.0795. The van der Waals surface area contributed by atoms with Crippen LogP contribution in [0.5, 0.6) is 0 Å². The molecule has 4 heteroatoms. The fourth-order valence-corrected chi connectivity index (χ4v) is 1.34. The second kappa shape index (κ2) is 10.6. The van der Waals surface area contributed by atoms with E-state index in [0.717, 1.165) is 25.9 Å². The number of carbonyl (C=O) groups is 1. The minimum Gasteiger partial charge on any atom is -0.356 e. The molecule has 4 N–H and O–H groups in total. The summed E-state index contributed by atoms with van der Waals surface area (Å²) in [6.45, 7) is 6.14. The quantitative estimate of drug-likeness (QED) is 0.403. The minimum absolute atomic E-state index is 0.0795. The third kappa shape index (κ3) is 8.44. The molecular formula is C12H25N3O. The van der Waals surface area contributed by atoms with Crippen molar-refractivity contribution in [3.05, 3.63) is 12.2 Å². The van der Waals surface area contributed by atoms with E-state index < -0.39 is 0 Å². The normalized spacial score (nSPS) is 12.9. The van der Waals surface area contributed by atoms with E-state index in [0.29, 0.717) is 13.0 Å². The van der Waals surface area contributed by atoms with Gasteiger partial charge in [0.25, 0.3) is 0 Å². The van der Waals surface area contributed by atoms with E-state index in [4.69, 9.17) is 5.73 Å². The van der Waals surface area contributed by atoms with Crippen molar-refractivity contribution in [2.75, 3.05) is 19.6 Å². The number of rotatable bonds is 9. The van der Waals surface area contributed by atoms with Crippen LogP contribution in [-0.4, -0.2) is 31.6 Å². The molecule has 1 amide bonds. The lowest BCUT2D eigenvalue weighted by molar-refractivity contribution is -0.121. The standard InChI is InChI=1S/C12H25N3O/c1-3-5-6-8-14-11(10-13)9-12(16)15-7-4-2/h3,5,11,14H,4,6-10,13H2,1-2H3,(H,15,16)/b5-3+. The molecular weight excluding hydrogens is 202 g/mol. The summed E-state index contributed by atoms with van der Waals surface area (Å²) in [6.07, 6.45) is 6.52. The van der Waals surface area contributed by atoms with Gasteiger partial charge in [-0.2, -0.15) is 0 Å². The predicted molar refractivity (Wildman–Crippen MR) is 68.2 cm³/mol. The van der Waals surface area contributed by atoms with E-state index in [2.05, 4.69) is 16.7 Å². The number of nitrogens with two attached hydrogens (primary N) is 1. The van der Waals surface area contributed by atoms with Crippen molar-refractivity contribution in [1.82, 2.24) is 10.6 Å². The van der Waals surface area contributed by atoms with Gasteiger partial charge in [0.05, 0.1) is 0 Å². The predicted octanol–water partition coefficient (Wildman–Crippen LogP) is 0.786. The number of carbonyl (C=O) groups excluding carboxylic acids is 1. The van der Waals surface area contributed by atoms with Crippen LogP contribution in [0.15, 0.2) is 12.2 Å². The van der Waals surface area contributed by atoms with Crippen molar-refractivity contribution >= 4 is 5.91 Å². The Balaban J connectivity index is 3.68. The summed E-state index contributed by atoms with van der Waals surface area (Å²) in [5, 5.41) is 6.12. The van der Waals surface area contributed by atoms with Gasteiger partial charge in [-0.3, -0.25) is 4.79 Å². The molecule has 94 valence electrons. The molecule has 0 spiro atoms. The average molecular weight is 227 g/mol. The molecule has 4 nitrogen and oxygen atoms in total. The van der Waals surface area contributed by atoms with Gasteiger partial charge in [-0.1, -0.05) is 19.1 Å². The summed E-state index contributed by atoms with van der Waals surface area (Å²) >= 11 is 0. The van der Waals surface area contributed by atoms with Gasteiger partial charge >= 0.3 is 0 Å². The van der Waals surface area contributed by atoms with Crippen LogP contribution in [0.2, 0.25) is 0 Å². The highest BCUT2D eigenvalue weighted by molar-refractivity contribution is 5.76. The molecule has 16 heavy (non-hydrogen) atoms. The Morgan fingerprint density at radius 2 is 2.19 bits per heavy atom. The number of amides is 1. The van der Waals surface area contributed by atoms with Gasteiger partial charge < -0.3 is 16.4 Å². The van der Waals surface area contributed by atoms with Crippen LogP contribution < -0.4 is 16.4 Å². The molecule has 0 rings (SSSR count). The molecule has 0 saturated carbocycles. The lowest BCUT2D eigenvalue weighted by Gasteiger charge is -2.15. The number of nitrogens with one attached hydrogen (secondary N) is 2. The molecule has 0 aromatic rings. The third-order valence-corrected chi connectivity index (χ3v) is 2.27. The summed E-state index contributed by atoms with van der Waals surface area (Å²) in [6, 6.07) is 0.0853. The first kappa shape index (κ1) is 15.1. The fraction of sp³-hybridized carbons (Fsp3) is 0.750. The first-order chi connectivity index (χ1) is 7.74. The van der Waals surface area contributed by atoms with E-state index >= 15 is 0 Å². The van der Waals surface area contributed by atoms with Gasteiger partial charge in [0.15, 0.2) is 0 Å². The van der Waals surface area contributed by atoms with E-state index in [1.54, 1.807) is 0 Å². The van der Waals surface area contributed by atoms with Crippen molar-refractivity contribution in [2.24, 2.45) is 5.73 Å². The van der Waals surface area contributed by atoms with Gasteiger partial charge in [0, 0.05) is 25.6 Å². The van der Waals surface area contributed by atoms with Crippen LogP contribution >= 0.6 is 0 Å². The van der Waals surface area contributed by atoms with Crippen LogP contribution in [0.4, 0.5) is 0 Å². The zero-order valence-electron chi connectivity index (χ0n) is 10.5. The number of allylic oxidation sites excluding steroid dienone is 1. The van der Waals surface area contributed by atoms with Gasteiger partial charge in [0.1, 0.15) is 0 Å². The van der Waals surface area contributed by atoms with E-state index in [1.807, 2.05) is 19.9 Å². The topological polar surface area (TPSA) is 67.1 Å². The van der Waals surface area contributed by atoms with Crippen molar-refractivity contribution in [3.8, 4) is 0 Å². The zero-order chi connectivity index (χ0) is 12.2. The monoisotopic (exact) mass is 227 g/mol. The Kier molecular flexibility index (Phi) is 10.1. The van der Waals surface area contributed by atoms with Gasteiger partial charge in [-0.05, 0) is 26.3 Å². The summed E-state index contributed by atoms with van der Waals surface area (Å²) in [5.41, 5.74) is 5.60. The lowest BCUT2D eigenvalue weighted by atomic mass is 10.2. The molecule has 0 fully saturated rings. The number of hydrogen-bond donors (Lipinski definition) is 3. The second-order valence-electron chi connectivity index (χ2n) is 3.80. The Morgan fingerprint density at radius 3 is 2.75 bits per heavy atom. The van der Waals surface area contributed by atoms with E-state index in [1.165, 1.54) is 0 Å². The Hall–Kier alpha value is -0.870. The van der Waals surface area contributed by atoms with Gasteiger partial charge in [-0.25, -0.2) is 0 Å². The number of hydrogen-bond acceptors (Lipinski definition) is 3. The summed E-state index contributed by atoms with van der Waals surface area (Å²) < 4.78 is 0. The van der Waals surface area contributed by atoms with Crippen LogP contribution in [-0.2, 0) is 4.79 Å². The smallest absolute Gasteiger partial charge is 0.221 e. The second-order valence-corrected chi connectivity index (χ2v) is 3.80. The molecule has 1 unspecified atom stereocenters. The van der Waals surface area contributed by atoms with E-state index in [9.17, 15) is 4.79 Å². The molecule has 0 aliphatic rings. The van der Waals surface area contributed by atoms with Crippen molar-refractivity contribution < 1.29 is 4.79 Å². The summed E-state index contributed by atoms with van der Waals surface area (Å²) in [5.74, 6) is 0.0795. The van der Waals surface area contributed by atoms with Crippen molar-refractivity contribution in [3.63, 3.8) is 0 Å². The van der Waals surface area contributed by atoms with Crippen molar-refractivity contribution in [1.29, 1.82) is 0 Å². The largest absolute Gasteiger partial charge is 0.356 e. The maximum atomic E-state index is 11.4. The summed E-state index contributed by atoms with van der Waals surface area (Å²) in [7, 11) is 0. The average Bonchev–Trinajstić information content (AvgIpc) is 2.30. The third-order valence-electron chi connectivity index (χ3n) is 2.27. The van der Waals surface area contributed by atoms with Gasteiger partial charge in [0.2, 0.25) is 5.91 Å². The fourth-order valence-electron chi connectivity index (χ4n) is 1.34. The van der Waals surface area contributed by atoms with Crippen LogP contribution in [0, 0.1) is 0 Å². The lowest BCUT2D eigenvalue weighted by Crippen LogP contribution is -2.41. The van der Waals surface area contributed by atoms with Crippen LogP contribution in [0.1, 0.15) is 33.1 Å². The first-order valence-corrected chi connectivity index (χ1v) is 6.05. The highest BCUT2D eigenvalue weighted by Gasteiger charge is 2.10. The first-order valence-electron chi connectivity index (χ1n) is 6.05. The van der Waals surface area contributed by atoms with Crippen LogP contribution in [0.3, 0.4) is 0 Å². The SMILES string of the molecule is C/C=C/CCNC(CN)CC(=O)NCCC. The van der Waals surface area contributed by atoms with E-state index in [-0.39, 0.29) is 11.9 Å². The molecule has 0 aliphatic heterocycles. The van der Waals surface area contributed by atoms with Gasteiger partial charge in [-0.15, -0.1) is 0 Å². The van der Waals surface area contributed by atoms with Crippen LogP contribution in [0.25, 0.3) is 0 Å². The molecule has 0 aromatic carbocycles. The molecule has 1 atom stereocenters. The Bertz CT molecular complexity index is 204. The van der Waals surface area contributed by atoms with Crippen molar-refractivity contribution in [2.45, 2.75) is 39.2 Å². The molecule has 0 aliphatic carbocycles. The molecule has 0 aromatic heterocycles. The maximum Gasteiger partial charge on any atom is 0.221 e. The molecule has 0 saturated heterocycles. The molecule has 0 heterocycles. The highest BCUT2D eigenvalue weighted by Crippen LogP contribution is 1.91.